The molecule has 0 aromatic carbocycles. The van der Waals surface area contributed by atoms with E-state index in [1.54, 1.807) is 6.20 Å². The number of morpholine rings is 1. The number of pyridine rings is 1. The molecule has 124 valence electrons. The van der Waals surface area contributed by atoms with Gasteiger partial charge >= 0.3 is 0 Å². The Morgan fingerprint density at radius 3 is 2.87 bits per heavy atom. The van der Waals surface area contributed by atoms with Crippen molar-refractivity contribution in [1.29, 1.82) is 0 Å². The van der Waals surface area contributed by atoms with Crippen molar-refractivity contribution in [3.8, 4) is 5.82 Å². The molecule has 1 aliphatic rings. The second kappa shape index (κ2) is 6.03. The van der Waals surface area contributed by atoms with E-state index in [2.05, 4.69) is 10.1 Å². The van der Waals surface area contributed by atoms with Crippen molar-refractivity contribution in [1.82, 2.24) is 19.1 Å². The Balaban J connectivity index is 1.92. The molecule has 23 heavy (non-hydrogen) atoms. The molecule has 3 heterocycles. The molecule has 7 nitrogen and oxygen atoms in total. The largest absolute Gasteiger partial charge is 0.375 e. The molecule has 0 spiro atoms. The summed E-state index contributed by atoms with van der Waals surface area (Å²) in [5.74, 6) is 0.592. The fourth-order valence-electron chi connectivity index (χ4n) is 2.55. The van der Waals surface area contributed by atoms with Gasteiger partial charge in [-0.1, -0.05) is 0 Å². The summed E-state index contributed by atoms with van der Waals surface area (Å²) >= 11 is 0. The van der Waals surface area contributed by atoms with Gasteiger partial charge in [-0.25, -0.2) is 18.1 Å². The van der Waals surface area contributed by atoms with Gasteiger partial charge in [-0.05, 0) is 38.5 Å². The van der Waals surface area contributed by atoms with E-state index in [1.165, 1.54) is 21.4 Å². The second-order valence-electron chi connectivity index (χ2n) is 5.88. The fraction of sp³-hybridized carbons (Fsp3) is 0.467. The fourth-order valence-corrected chi connectivity index (χ4v) is 4.18. The van der Waals surface area contributed by atoms with Crippen LogP contribution >= 0.6 is 0 Å². The predicted octanol–water partition coefficient (Wildman–Crippen LogP) is 1.37. The molecule has 0 amide bonds. The van der Waals surface area contributed by atoms with Crippen molar-refractivity contribution in [2.75, 3.05) is 13.2 Å². The lowest BCUT2D eigenvalue weighted by molar-refractivity contribution is -0.0170. The maximum absolute atomic E-state index is 12.9. The Bertz CT molecular complexity index is 803. The van der Waals surface area contributed by atoms with Gasteiger partial charge in [0.1, 0.15) is 4.90 Å². The van der Waals surface area contributed by atoms with Gasteiger partial charge in [0.15, 0.2) is 5.82 Å². The van der Waals surface area contributed by atoms with Gasteiger partial charge in [0.05, 0.1) is 25.1 Å². The first kappa shape index (κ1) is 16.1. The standard InChI is InChI=1S/C15H20N4O3S/c1-11-4-5-16-15(6-11)18-9-14(7-17-18)23(20,21)19-8-13(3)22-10-12(19)2/h4-7,9,12-13H,8,10H2,1-3H3. The zero-order valence-corrected chi connectivity index (χ0v) is 14.2. The lowest BCUT2D eigenvalue weighted by Crippen LogP contribution is -2.49. The van der Waals surface area contributed by atoms with Crippen molar-refractivity contribution in [3.63, 3.8) is 0 Å². The highest BCUT2D eigenvalue weighted by atomic mass is 32.2. The summed E-state index contributed by atoms with van der Waals surface area (Å²) in [7, 11) is -3.60. The lowest BCUT2D eigenvalue weighted by Gasteiger charge is -2.35. The van der Waals surface area contributed by atoms with E-state index >= 15 is 0 Å². The second-order valence-corrected chi connectivity index (χ2v) is 7.77. The minimum absolute atomic E-state index is 0.116. The van der Waals surface area contributed by atoms with Gasteiger partial charge in [-0.2, -0.15) is 9.40 Å². The molecular formula is C15H20N4O3S. The molecule has 0 bridgehead atoms. The third kappa shape index (κ3) is 3.15. The van der Waals surface area contributed by atoms with E-state index in [0.717, 1.165) is 5.56 Å². The Kier molecular flexibility index (Phi) is 4.22. The van der Waals surface area contributed by atoms with Crippen molar-refractivity contribution in [2.24, 2.45) is 0 Å². The van der Waals surface area contributed by atoms with Crippen LogP contribution in [0.25, 0.3) is 5.82 Å². The number of aromatic nitrogens is 3. The van der Waals surface area contributed by atoms with Crippen LogP contribution in [0.1, 0.15) is 19.4 Å². The molecule has 2 aromatic rings. The molecular weight excluding hydrogens is 316 g/mol. The molecule has 0 N–H and O–H groups in total. The van der Waals surface area contributed by atoms with Gasteiger partial charge < -0.3 is 4.74 Å². The summed E-state index contributed by atoms with van der Waals surface area (Å²) in [5, 5.41) is 4.15. The Labute approximate surface area is 135 Å². The van der Waals surface area contributed by atoms with E-state index in [4.69, 9.17) is 4.74 Å². The van der Waals surface area contributed by atoms with Crippen molar-refractivity contribution < 1.29 is 13.2 Å². The first-order valence-corrected chi connectivity index (χ1v) is 8.93. The van der Waals surface area contributed by atoms with Gasteiger partial charge in [-0.3, -0.25) is 0 Å². The van der Waals surface area contributed by atoms with Crippen LogP contribution in [0.2, 0.25) is 0 Å². The number of ether oxygens (including phenoxy) is 1. The molecule has 3 rings (SSSR count). The van der Waals surface area contributed by atoms with Crippen LogP contribution in [0.15, 0.2) is 35.6 Å². The van der Waals surface area contributed by atoms with Crippen molar-refractivity contribution in [2.45, 2.75) is 37.8 Å². The van der Waals surface area contributed by atoms with Gasteiger partial charge in [0, 0.05) is 18.8 Å². The van der Waals surface area contributed by atoms with E-state index in [0.29, 0.717) is 19.0 Å². The highest BCUT2D eigenvalue weighted by Gasteiger charge is 2.35. The van der Waals surface area contributed by atoms with Crippen molar-refractivity contribution in [3.05, 3.63) is 36.3 Å². The van der Waals surface area contributed by atoms with Gasteiger partial charge in [0.25, 0.3) is 0 Å². The van der Waals surface area contributed by atoms with Crippen molar-refractivity contribution >= 4 is 10.0 Å². The van der Waals surface area contributed by atoms with E-state index in [1.807, 2.05) is 32.9 Å². The summed E-state index contributed by atoms with van der Waals surface area (Å²) in [5.41, 5.74) is 1.03. The smallest absolute Gasteiger partial charge is 0.246 e. The third-order valence-corrected chi connectivity index (χ3v) is 5.78. The summed E-state index contributed by atoms with van der Waals surface area (Å²) < 4.78 is 34.2. The van der Waals surface area contributed by atoms with Crippen LogP contribution in [-0.2, 0) is 14.8 Å². The summed E-state index contributed by atoms with van der Waals surface area (Å²) in [6.07, 6.45) is 4.43. The number of hydrogen-bond acceptors (Lipinski definition) is 5. The summed E-state index contributed by atoms with van der Waals surface area (Å²) in [6.45, 7) is 6.40. The monoisotopic (exact) mass is 336 g/mol. The highest BCUT2D eigenvalue weighted by molar-refractivity contribution is 7.89. The quantitative estimate of drug-likeness (QED) is 0.846. The van der Waals surface area contributed by atoms with Crippen LogP contribution in [0.5, 0.6) is 0 Å². The average Bonchev–Trinajstić information content (AvgIpc) is 3.00. The van der Waals surface area contributed by atoms with Crippen LogP contribution < -0.4 is 0 Å². The van der Waals surface area contributed by atoms with Crippen LogP contribution in [0.4, 0.5) is 0 Å². The number of hydrogen-bond donors (Lipinski definition) is 0. The summed E-state index contributed by atoms with van der Waals surface area (Å²) in [4.78, 5) is 4.39. The summed E-state index contributed by atoms with van der Waals surface area (Å²) in [6, 6.07) is 3.53. The number of nitrogens with zero attached hydrogens (tertiary/aromatic N) is 4. The molecule has 2 atom stereocenters. The zero-order chi connectivity index (χ0) is 16.6. The van der Waals surface area contributed by atoms with Gasteiger partial charge in [0.2, 0.25) is 10.0 Å². The predicted molar refractivity (Wildman–Crippen MR) is 84.9 cm³/mol. The van der Waals surface area contributed by atoms with E-state index in [-0.39, 0.29) is 17.0 Å². The molecule has 2 unspecified atom stereocenters. The first-order valence-electron chi connectivity index (χ1n) is 7.49. The molecule has 1 saturated heterocycles. The molecule has 0 radical (unpaired) electrons. The normalized spacial score (nSPS) is 23.1. The Hall–Kier alpha value is -1.77. The number of sulfonamides is 1. The third-order valence-electron chi connectivity index (χ3n) is 3.85. The molecule has 0 saturated carbocycles. The Morgan fingerprint density at radius 2 is 2.13 bits per heavy atom. The maximum Gasteiger partial charge on any atom is 0.246 e. The van der Waals surface area contributed by atoms with Crippen LogP contribution in [0, 0.1) is 6.92 Å². The molecule has 1 aliphatic heterocycles. The SMILES string of the molecule is Cc1ccnc(-n2cc(S(=O)(=O)N3CC(C)OCC3C)cn2)c1. The molecule has 1 fully saturated rings. The lowest BCUT2D eigenvalue weighted by atomic mass is 10.2. The molecule has 8 heteroatoms. The zero-order valence-electron chi connectivity index (χ0n) is 13.4. The number of rotatable bonds is 3. The Morgan fingerprint density at radius 1 is 1.35 bits per heavy atom. The molecule has 0 aliphatic carbocycles. The van der Waals surface area contributed by atoms with E-state index < -0.39 is 10.0 Å². The highest BCUT2D eigenvalue weighted by Crippen LogP contribution is 2.22. The molecule has 2 aromatic heterocycles. The average molecular weight is 336 g/mol. The minimum atomic E-state index is -3.60. The van der Waals surface area contributed by atoms with E-state index in [9.17, 15) is 8.42 Å². The topological polar surface area (TPSA) is 77.3 Å². The van der Waals surface area contributed by atoms with Crippen LogP contribution in [0.3, 0.4) is 0 Å². The van der Waals surface area contributed by atoms with Gasteiger partial charge in [-0.15, -0.1) is 0 Å². The number of aryl methyl sites for hydroxylation is 1. The van der Waals surface area contributed by atoms with Crippen LogP contribution in [-0.4, -0.2) is 52.8 Å². The maximum atomic E-state index is 12.9. The first-order chi connectivity index (χ1) is 10.9. The minimum Gasteiger partial charge on any atom is -0.375 e.